The number of carbonyl (C=O) groups excluding carboxylic acids is 3. The van der Waals surface area contributed by atoms with Crippen molar-refractivity contribution in [2.75, 3.05) is 11.9 Å². The molecule has 14 unspecified atom stereocenters. The number of rotatable bonds is 4. The van der Waals surface area contributed by atoms with Crippen molar-refractivity contribution in [3.8, 4) is 11.5 Å². The minimum Gasteiger partial charge on any atom is -0.507 e. The summed E-state index contributed by atoms with van der Waals surface area (Å²) in [6, 6.07) is 16.8. The number of aliphatic hydroxyl groups excluding tert-OH is 5. The van der Waals surface area contributed by atoms with Crippen molar-refractivity contribution in [3.05, 3.63) is 152 Å². The molecule has 10 aliphatic carbocycles. The Labute approximate surface area is 550 Å². The lowest BCUT2D eigenvalue weighted by molar-refractivity contribution is -0.366. The van der Waals surface area contributed by atoms with Gasteiger partial charge in [0.1, 0.15) is 35.3 Å². The highest BCUT2D eigenvalue weighted by Gasteiger charge is 2.77. The monoisotopic (exact) mass is 1280 g/mol. The highest BCUT2D eigenvalue weighted by molar-refractivity contribution is 6.34. The number of nitrogens with two attached hydrogens (primary N) is 2. The highest BCUT2D eigenvalue weighted by Crippen LogP contribution is 2.77. The van der Waals surface area contributed by atoms with Gasteiger partial charge in [-0.3, -0.25) is 14.4 Å². The largest absolute Gasteiger partial charge is 0.507 e. The number of aromatic nitrogens is 4. The number of nitrogens with zero attached hydrogens (tertiary/aromatic N) is 2. The molecule has 7 fully saturated rings. The molecule has 13 N–H and O–H groups in total. The average Bonchev–Trinajstić information content (AvgIpc) is 1.59. The van der Waals surface area contributed by atoms with Crippen molar-refractivity contribution in [1.29, 1.82) is 0 Å². The summed E-state index contributed by atoms with van der Waals surface area (Å²) >= 11 is 0. The minimum absolute atomic E-state index is 0.00759. The van der Waals surface area contributed by atoms with Gasteiger partial charge >= 0.3 is 0 Å². The van der Waals surface area contributed by atoms with E-state index in [0.29, 0.717) is 90.4 Å². The van der Waals surface area contributed by atoms with E-state index in [-0.39, 0.29) is 68.9 Å². The number of hydrogen-bond acceptors (Lipinski definition) is 16. The third-order valence-electron chi connectivity index (χ3n) is 28.1. The number of H-pyrrole nitrogens is 2. The van der Waals surface area contributed by atoms with Crippen LogP contribution in [0.1, 0.15) is 230 Å². The average molecular weight is 1280 g/mol. The van der Waals surface area contributed by atoms with E-state index < -0.39 is 87.0 Å². The summed E-state index contributed by atoms with van der Waals surface area (Å²) in [5, 5.41) is 85.3. The van der Waals surface area contributed by atoms with Gasteiger partial charge in [0.2, 0.25) is 5.78 Å². The van der Waals surface area contributed by atoms with Gasteiger partial charge in [0, 0.05) is 75.3 Å². The van der Waals surface area contributed by atoms with Crippen LogP contribution in [0, 0.1) is 40.4 Å². The second-order valence-electron chi connectivity index (χ2n) is 32.5. The molecule has 14 aliphatic rings. The van der Waals surface area contributed by atoms with Crippen molar-refractivity contribution in [3.63, 3.8) is 0 Å². The van der Waals surface area contributed by atoms with E-state index in [1.54, 1.807) is 37.4 Å². The number of phenolic OH excluding ortho intramolecular Hbond substituents is 1. The molecule has 0 radical (unpaired) electrons. The Bertz CT molecular complexity index is 4420. The fourth-order valence-electron chi connectivity index (χ4n) is 24.1. The van der Waals surface area contributed by atoms with E-state index in [1.807, 2.05) is 18.5 Å². The van der Waals surface area contributed by atoms with Crippen LogP contribution in [0.3, 0.4) is 0 Å². The maximum Gasteiger partial charge on any atom is 0.261 e. The lowest BCUT2D eigenvalue weighted by Crippen LogP contribution is -2.79. The van der Waals surface area contributed by atoms with Crippen LogP contribution in [0.25, 0.3) is 16.3 Å². The zero-order chi connectivity index (χ0) is 64.9. The van der Waals surface area contributed by atoms with Gasteiger partial charge in [-0.25, -0.2) is 9.97 Å². The third-order valence-corrected chi connectivity index (χ3v) is 28.1. The van der Waals surface area contributed by atoms with E-state index in [0.717, 1.165) is 136 Å². The quantitative estimate of drug-likeness (QED) is 0.0731. The number of ketones is 3. The lowest BCUT2D eigenvalue weighted by Gasteiger charge is -2.64. The van der Waals surface area contributed by atoms with Crippen LogP contribution in [-0.4, -0.2) is 116 Å². The van der Waals surface area contributed by atoms with Gasteiger partial charge in [-0.1, -0.05) is 68.4 Å². The molecule has 6 aromatic rings. The number of phenols is 1. The normalized spacial score (nSPS) is 37.3. The van der Waals surface area contributed by atoms with Crippen LogP contribution in [-0.2, 0) is 26.8 Å². The Kier molecular flexibility index (Phi) is 12.5. The lowest BCUT2D eigenvalue weighted by atomic mass is 9.47. The molecule has 1 saturated heterocycles. The predicted octanol–water partition coefficient (Wildman–Crippen LogP) is 9.76. The Hall–Kier alpha value is -6.87. The third kappa shape index (κ3) is 7.61. The maximum absolute atomic E-state index is 15.6. The molecular weight excluding hydrogens is 1200 g/mol. The number of fused-ring (bicyclic) bond motifs is 11. The summed E-state index contributed by atoms with van der Waals surface area (Å²) in [7, 11) is 0. The smallest absolute Gasteiger partial charge is 0.261 e. The number of hydrogen-bond donors (Lipinski definition) is 11. The molecule has 3 aromatic carbocycles. The fraction of sp³-hybridized carbons (Fsp3) is 0.545. The number of aromatic hydroxyl groups is 1. The van der Waals surface area contributed by atoms with E-state index in [9.17, 15) is 35.4 Å². The van der Waals surface area contributed by atoms with Gasteiger partial charge in [0.05, 0.1) is 52.6 Å². The van der Waals surface area contributed by atoms with E-state index >= 15 is 9.59 Å². The molecule has 95 heavy (non-hydrogen) atoms. The Morgan fingerprint density at radius 2 is 1.56 bits per heavy atom. The summed E-state index contributed by atoms with van der Waals surface area (Å²) < 4.78 is 15.2. The summed E-state index contributed by atoms with van der Waals surface area (Å²) in [5.41, 5.74) is 15.2. The molecule has 4 aliphatic heterocycles. The number of pyridine rings is 1. The first-order valence-electron chi connectivity index (χ1n) is 35.5. The zero-order valence-corrected chi connectivity index (χ0v) is 53.9. The molecule has 3 aromatic heterocycles. The van der Waals surface area contributed by atoms with E-state index in [4.69, 9.17) is 30.9 Å². The number of imidazole rings is 1. The Balaban J connectivity index is 0.884. The second-order valence-corrected chi connectivity index (χ2v) is 32.5. The zero-order valence-electron chi connectivity index (χ0n) is 53.9. The van der Waals surface area contributed by atoms with Crippen LogP contribution >= 0.6 is 0 Å². The van der Waals surface area contributed by atoms with Crippen molar-refractivity contribution in [1.82, 2.24) is 19.9 Å². The number of aromatic amines is 2. The summed E-state index contributed by atoms with van der Waals surface area (Å²) in [6.07, 6.45) is 14.4. The molecular formula is C77H85N7O11. The number of carbonyl (C=O) groups is 3. The number of ether oxygens (including phenoxy) is 2. The van der Waals surface area contributed by atoms with Gasteiger partial charge in [-0.2, -0.15) is 0 Å². The molecule has 14 atom stereocenters. The summed E-state index contributed by atoms with van der Waals surface area (Å²) in [5.74, 6) is -4.16. The molecule has 18 nitrogen and oxygen atoms in total. The second kappa shape index (κ2) is 19.9. The molecule has 7 heterocycles. The van der Waals surface area contributed by atoms with Gasteiger partial charge in [-0.05, 0) is 201 Å². The Morgan fingerprint density at radius 3 is 2.35 bits per heavy atom. The van der Waals surface area contributed by atoms with Crippen LogP contribution in [0.5, 0.6) is 11.5 Å². The van der Waals surface area contributed by atoms with Crippen molar-refractivity contribution >= 4 is 39.5 Å². The molecule has 18 heteroatoms. The van der Waals surface area contributed by atoms with E-state index in [1.165, 1.54) is 6.07 Å². The topological polar surface area (TPSA) is 312 Å². The van der Waals surface area contributed by atoms with Crippen LogP contribution < -0.4 is 21.5 Å². The number of anilines is 1. The highest BCUT2D eigenvalue weighted by atomic mass is 16.7. The number of Topliss-reactive ketones (excluding diaryl/α,β-unsaturated/α-hetero) is 1. The molecule has 8 bridgehead atoms. The van der Waals surface area contributed by atoms with Crippen molar-refractivity contribution < 1.29 is 54.5 Å². The predicted molar refractivity (Wildman–Crippen MR) is 351 cm³/mol. The van der Waals surface area contributed by atoms with Gasteiger partial charge in [0.25, 0.3) is 5.79 Å². The van der Waals surface area contributed by atoms with Gasteiger partial charge < -0.3 is 66.9 Å². The first kappa shape index (κ1) is 59.4. The number of nitrogens with one attached hydrogen (secondary N) is 3. The van der Waals surface area contributed by atoms with E-state index in [2.05, 4.69) is 33.5 Å². The van der Waals surface area contributed by atoms with Crippen LogP contribution in [0.15, 0.2) is 84.3 Å². The molecule has 6 saturated carbocycles. The first-order valence-corrected chi connectivity index (χ1v) is 35.5. The van der Waals surface area contributed by atoms with Gasteiger partial charge in [-0.15, -0.1) is 0 Å². The molecule has 20 rings (SSSR count). The number of aliphatic hydroxyl groups is 5. The van der Waals surface area contributed by atoms with Gasteiger partial charge in [0.15, 0.2) is 17.5 Å². The maximum atomic E-state index is 15.6. The van der Waals surface area contributed by atoms with Crippen molar-refractivity contribution in [2.24, 2.45) is 45.0 Å². The summed E-state index contributed by atoms with van der Waals surface area (Å²) in [4.78, 5) is 63.4. The first-order chi connectivity index (χ1) is 45.7. The fourth-order valence-corrected chi connectivity index (χ4v) is 24.1. The SMILES string of the molecule is Cc1cc(O)c2c(c1)C(=O)c1c(c3cc4c(nccc14)NCC(O)C14CC5(CCCC5)CC1c1cc(C56CCCCC5CC5(CCC(=O)CC5Cc5ccc(C(N)N)cc5)c5nc[nH]c56)[nH]c1C1=CC5(O3)OC3(C1=C4CC1(CCC4(CCCC4)C1)C3O)C(O)C(O)C5O)C2=O. The minimum atomic E-state index is -2.52. The summed E-state index contributed by atoms with van der Waals surface area (Å²) in [6.45, 7) is 1.72. The van der Waals surface area contributed by atoms with Crippen molar-refractivity contribution in [2.45, 2.75) is 219 Å². The number of benzene rings is 3. The molecule has 0 amide bonds. The standard InChI is InChI=1S/C77H85N7O11/c1-38-24-47-55(51(86)25-38)61(89)57-52-28-45-44(56(57)60(47)88)14-23-80-68(45)81-34-54(87)75-36-71(17-6-7-18-71)32-49(75)46-29-53(74-19-3-2-8-41(74)30-73(63-64(74)83-37-82-63)20-13-43(85)27-42(73)26-39-9-11-40(12-10-39)67(78)79)84-59(46)48-31-76(94-52)65(91)62(90)66(92)77(95-76)58(48)50(75)33-72(69(77)93)22-21-70(35-72)15-4-5-16-70/h9-12,14,23-25,28-29,31,37,41-42,49,54,62,65-67,69,84,86-87,90-93H,2-8,13,15-22,26-27,30,32-36,78-79H2,1H3,(H,80,81)(H,82,83). The Morgan fingerprint density at radius 1 is 0.779 bits per heavy atom. The number of aryl methyl sites for hydroxylation is 1. The molecule has 7 spiro atoms. The van der Waals surface area contributed by atoms with Crippen LogP contribution in [0.4, 0.5) is 5.82 Å². The van der Waals surface area contributed by atoms with Crippen LogP contribution in [0.2, 0.25) is 0 Å². The molecule has 494 valence electrons.